The molecule has 3 aromatic rings. The fourth-order valence-corrected chi connectivity index (χ4v) is 4.01. The van der Waals surface area contributed by atoms with Crippen molar-refractivity contribution < 1.29 is 9.53 Å². The van der Waals surface area contributed by atoms with Gasteiger partial charge >= 0.3 is 0 Å². The van der Waals surface area contributed by atoms with E-state index in [9.17, 15) is 4.79 Å². The SMILES string of the molecule is COc1nn(C)cc1C(=O)Nc1nc(-c2ccc3c(c2)CCCC3)cs1. The second kappa shape index (κ2) is 6.92. The highest BCUT2D eigenvalue weighted by molar-refractivity contribution is 7.14. The molecule has 1 aliphatic rings. The van der Waals surface area contributed by atoms with Crippen molar-refractivity contribution in [1.29, 1.82) is 0 Å². The average Bonchev–Trinajstić information content (AvgIpc) is 3.27. The number of rotatable bonds is 4. The fraction of sp³-hybridized carbons (Fsp3) is 0.316. The van der Waals surface area contributed by atoms with E-state index in [-0.39, 0.29) is 5.91 Å². The van der Waals surface area contributed by atoms with E-state index in [2.05, 4.69) is 33.6 Å². The Labute approximate surface area is 155 Å². The van der Waals surface area contributed by atoms with Crippen LogP contribution in [0.2, 0.25) is 0 Å². The zero-order valence-corrected chi connectivity index (χ0v) is 15.6. The molecule has 0 aliphatic heterocycles. The third kappa shape index (κ3) is 3.22. The van der Waals surface area contributed by atoms with Crippen LogP contribution in [0.5, 0.6) is 5.88 Å². The van der Waals surface area contributed by atoms with Gasteiger partial charge in [-0.2, -0.15) is 0 Å². The van der Waals surface area contributed by atoms with Crippen LogP contribution in [0.3, 0.4) is 0 Å². The zero-order valence-electron chi connectivity index (χ0n) is 14.8. The lowest BCUT2D eigenvalue weighted by molar-refractivity contribution is 0.102. The van der Waals surface area contributed by atoms with Gasteiger partial charge < -0.3 is 4.74 Å². The number of aromatic nitrogens is 3. The van der Waals surface area contributed by atoms with Crippen molar-refractivity contribution in [3.05, 3.63) is 46.5 Å². The Bertz CT molecular complexity index is 960. The number of ether oxygens (including phenoxy) is 1. The van der Waals surface area contributed by atoms with Crippen molar-refractivity contribution >= 4 is 22.4 Å². The quantitative estimate of drug-likeness (QED) is 0.763. The molecule has 0 atom stereocenters. The zero-order chi connectivity index (χ0) is 18.1. The number of amides is 1. The molecule has 0 fully saturated rings. The van der Waals surface area contributed by atoms with Crippen LogP contribution in [0.25, 0.3) is 11.3 Å². The van der Waals surface area contributed by atoms with E-state index in [1.807, 2.05) is 5.38 Å². The van der Waals surface area contributed by atoms with E-state index >= 15 is 0 Å². The minimum atomic E-state index is -0.277. The van der Waals surface area contributed by atoms with E-state index in [0.29, 0.717) is 16.6 Å². The Kier molecular flexibility index (Phi) is 4.46. The molecule has 2 aromatic heterocycles. The third-order valence-electron chi connectivity index (χ3n) is 4.60. The van der Waals surface area contributed by atoms with Gasteiger partial charge in [0.15, 0.2) is 5.13 Å². The molecule has 26 heavy (non-hydrogen) atoms. The summed E-state index contributed by atoms with van der Waals surface area (Å²) in [4.78, 5) is 17.0. The minimum absolute atomic E-state index is 0.277. The largest absolute Gasteiger partial charge is 0.479 e. The monoisotopic (exact) mass is 368 g/mol. The second-order valence-corrected chi connectivity index (χ2v) is 7.27. The van der Waals surface area contributed by atoms with Gasteiger partial charge in [-0.15, -0.1) is 16.4 Å². The van der Waals surface area contributed by atoms with Crippen LogP contribution in [0.1, 0.15) is 34.3 Å². The molecule has 4 rings (SSSR count). The molecule has 1 aliphatic carbocycles. The number of hydrogen-bond acceptors (Lipinski definition) is 5. The van der Waals surface area contributed by atoms with Gasteiger partial charge in [-0.05, 0) is 42.9 Å². The summed E-state index contributed by atoms with van der Waals surface area (Å²) in [5, 5.41) is 9.47. The summed E-state index contributed by atoms with van der Waals surface area (Å²) in [7, 11) is 3.24. The van der Waals surface area contributed by atoms with Gasteiger partial charge in [-0.3, -0.25) is 14.8 Å². The molecular formula is C19H20N4O2S. The topological polar surface area (TPSA) is 69.0 Å². The van der Waals surface area contributed by atoms with Crippen LogP contribution >= 0.6 is 11.3 Å². The van der Waals surface area contributed by atoms with E-state index in [1.54, 1.807) is 17.9 Å². The summed E-state index contributed by atoms with van der Waals surface area (Å²) in [5.74, 6) is 0.0257. The maximum atomic E-state index is 12.5. The Morgan fingerprint density at radius 2 is 2.08 bits per heavy atom. The Balaban J connectivity index is 1.54. The second-order valence-electron chi connectivity index (χ2n) is 6.41. The van der Waals surface area contributed by atoms with Crippen LogP contribution in [0.15, 0.2) is 29.8 Å². The molecule has 0 unspecified atom stereocenters. The number of aryl methyl sites for hydroxylation is 3. The van der Waals surface area contributed by atoms with Gasteiger partial charge in [0.1, 0.15) is 5.56 Å². The predicted octanol–water partition coefficient (Wildman–Crippen LogP) is 3.68. The molecule has 134 valence electrons. The summed E-state index contributed by atoms with van der Waals surface area (Å²) in [6, 6.07) is 6.57. The smallest absolute Gasteiger partial charge is 0.264 e. The summed E-state index contributed by atoms with van der Waals surface area (Å²) >= 11 is 1.41. The van der Waals surface area contributed by atoms with Crippen molar-refractivity contribution in [3.63, 3.8) is 0 Å². The maximum Gasteiger partial charge on any atom is 0.264 e. The number of anilines is 1. The number of nitrogens with zero attached hydrogens (tertiary/aromatic N) is 3. The van der Waals surface area contributed by atoms with E-state index in [0.717, 1.165) is 17.7 Å². The lowest BCUT2D eigenvalue weighted by Gasteiger charge is -2.16. The van der Waals surface area contributed by atoms with Crippen LogP contribution in [0, 0.1) is 0 Å². The highest BCUT2D eigenvalue weighted by atomic mass is 32.1. The van der Waals surface area contributed by atoms with Crippen LogP contribution in [-0.2, 0) is 19.9 Å². The van der Waals surface area contributed by atoms with Gasteiger partial charge in [0.25, 0.3) is 5.91 Å². The van der Waals surface area contributed by atoms with E-state index in [1.165, 1.54) is 48.8 Å². The van der Waals surface area contributed by atoms with Crippen molar-refractivity contribution in [3.8, 4) is 17.1 Å². The first kappa shape index (κ1) is 16.8. The summed E-state index contributed by atoms with van der Waals surface area (Å²) in [6.07, 6.45) is 6.46. The van der Waals surface area contributed by atoms with Crippen molar-refractivity contribution in [1.82, 2.24) is 14.8 Å². The van der Waals surface area contributed by atoms with Crippen LogP contribution in [0.4, 0.5) is 5.13 Å². The number of carbonyl (C=O) groups is 1. The molecular weight excluding hydrogens is 348 g/mol. The number of thiazole rings is 1. The van der Waals surface area contributed by atoms with Crippen LogP contribution in [-0.4, -0.2) is 27.8 Å². The highest BCUT2D eigenvalue weighted by Gasteiger charge is 2.18. The summed E-state index contributed by atoms with van der Waals surface area (Å²) in [6.45, 7) is 0. The summed E-state index contributed by atoms with van der Waals surface area (Å²) < 4.78 is 6.69. The first-order chi connectivity index (χ1) is 12.6. The maximum absolute atomic E-state index is 12.5. The number of methoxy groups -OCH3 is 1. The lowest BCUT2D eigenvalue weighted by Crippen LogP contribution is -2.12. The molecule has 7 heteroatoms. The number of hydrogen-bond donors (Lipinski definition) is 1. The van der Waals surface area contributed by atoms with Gasteiger partial charge in [-0.1, -0.05) is 12.1 Å². The molecule has 2 heterocycles. The fourth-order valence-electron chi connectivity index (χ4n) is 3.30. The highest BCUT2D eigenvalue weighted by Crippen LogP contribution is 2.30. The molecule has 0 radical (unpaired) electrons. The molecule has 0 saturated heterocycles. The van der Waals surface area contributed by atoms with E-state index in [4.69, 9.17) is 4.74 Å². The number of nitrogens with one attached hydrogen (secondary N) is 1. The Morgan fingerprint density at radius 3 is 2.88 bits per heavy atom. The van der Waals surface area contributed by atoms with Gasteiger partial charge in [0.05, 0.1) is 12.8 Å². The van der Waals surface area contributed by atoms with Gasteiger partial charge in [-0.25, -0.2) is 4.98 Å². The molecule has 0 spiro atoms. The predicted molar refractivity (Wildman–Crippen MR) is 102 cm³/mol. The van der Waals surface area contributed by atoms with Crippen molar-refractivity contribution in [2.45, 2.75) is 25.7 Å². The first-order valence-corrected chi connectivity index (χ1v) is 9.48. The molecule has 0 bridgehead atoms. The standard InChI is InChI=1S/C19H20N4O2S/c1-23-10-15(18(22-23)25-2)17(24)21-19-20-16(11-26-19)14-8-7-12-5-3-4-6-13(12)9-14/h7-11H,3-6H2,1-2H3,(H,20,21,24). The number of benzene rings is 1. The summed E-state index contributed by atoms with van der Waals surface area (Å²) in [5.41, 5.74) is 5.25. The minimum Gasteiger partial charge on any atom is -0.479 e. The normalized spacial score (nSPS) is 13.3. The molecule has 1 aromatic carbocycles. The van der Waals surface area contributed by atoms with Crippen molar-refractivity contribution in [2.24, 2.45) is 7.05 Å². The van der Waals surface area contributed by atoms with Crippen molar-refractivity contribution in [2.75, 3.05) is 12.4 Å². The average molecular weight is 368 g/mol. The molecule has 1 N–H and O–H groups in total. The molecule has 1 amide bonds. The third-order valence-corrected chi connectivity index (χ3v) is 5.36. The van der Waals surface area contributed by atoms with Gasteiger partial charge in [0.2, 0.25) is 5.88 Å². The Morgan fingerprint density at radius 1 is 1.27 bits per heavy atom. The number of fused-ring (bicyclic) bond motifs is 1. The number of carbonyl (C=O) groups excluding carboxylic acids is 1. The van der Waals surface area contributed by atoms with Crippen LogP contribution < -0.4 is 10.1 Å². The van der Waals surface area contributed by atoms with E-state index < -0.39 is 0 Å². The first-order valence-electron chi connectivity index (χ1n) is 8.61. The lowest BCUT2D eigenvalue weighted by atomic mass is 9.90. The molecule has 0 saturated carbocycles. The van der Waals surface area contributed by atoms with Gasteiger partial charge in [0, 0.05) is 24.2 Å². The molecule has 6 nitrogen and oxygen atoms in total. The Hall–Kier alpha value is -2.67.